The maximum absolute atomic E-state index is 13.4. The van der Waals surface area contributed by atoms with Crippen molar-refractivity contribution in [2.24, 2.45) is 0 Å². The van der Waals surface area contributed by atoms with Crippen LogP contribution >= 0.6 is 0 Å². The molecule has 2 aliphatic heterocycles. The monoisotopic (exact) mass is 351 g/mol. The molecule has 136 valence electrons. The van der Waals surface area contributed by atoms with Gasteiger partial charge in [-0.2, -0.15) is 0 Å². The van der Waals surface area contributed by atoms with E-state index in [0.29, 0.717) is 5.56 Å². The molecule has 1 unspecified atom stereocenters. The quantitative estimate of drug-likeness (QED) is 0.871. The van der Waals surface area contributed by atoms with Gasteiger partial charge in [0, 0.05) is 31.6 Å². The minimum atomic E-state index is -2.87. The van der Waals surface area contributed by atoms with Crippen LogP contribution in [0, 0.1) is 0 Å². The molecule has 2 aliphatic rings. The molecule has 1 aromatic carbocycles. The maximum Gasteiger partial charge on any atom is 0.262 e. The predicted octanol–water partition coefficient (Wildman–Crippen LogP) is 1.93. The average molecular weight is 351 g/mol. The molecule has 0 radical (unpaired) electrons. The van der Waals surface area contributed by atoms with Crippen LogP contribution in [0.5, 0.6) is 0 Å². The van der Waals surface area contributed by atoms with Gasteiger partial charge >= 0.3 is 0 Å². The Labute approximate surface area is 145 Å². The van der Waals surface area contributed by atoms with Gasteiger partial charge in [0.2, 0.25) is 5.91 Å². The van der Waals surface area contributed by atoms with Crippen LogP contribution in [-0.4, -0.2) is 47.8 Å². The minimum Gasteiger partial charge on any atom is -0.350 e. The van der Waals surface area contributed by atoms with Crippen LogP contribution in [0.2, 0.25) is 0 Å². The summed E-state index contributed by atoms with van der Waals surface area (Å²) < 4.78 is 26.7. The highest BCUT2D eigenvalue weighted by molar-refractivity contribution is 5.94. The van der Waals surface area contributed by atoms with Gasteiger partial charge in [0.1, 0.15) is 5.54 Å². The van der Waals surface area contributed by atoms with E-state index >= 15 is 0 Å². The Balaban J connectivity index is 1.61. The predicted molar refractivity (Wildman–Crippen MR) is 89.4 cm³/mol. The van der Waals surface area contributed by atoms with Gasteiger partial charge in [0.25, 0.3) is 11.8 Å². The Morgan fingerprint density at radius 3 is 2.64 bits per heavy atom. The van der Waals surface area contributed by atoms with Gasteiger partial charge in [0.15, 0.2) is 0 Å². The first-order chi connectivity index (χ1) is 11.8. The van der Waals surface area contributed by atoms with E-state index in [0.717, 1.165) is 31.5 Å². The Hall–Kier alpha value is -2.02. The van der Waals surface area contributed by atoms with Crippen LogP contribution < -0.4 is 10.6 Å². The van der Waals surface area contributed by atoms with Crippen LogP contribution in [0.3, 0.4) is 0 Å². The number of likely N-dealkylation sites (tertiary alicyclic amines) is 1. The SMILES string of the molecule is CC1(C(=O)NCc2cccc(C(=O)N3CCCC3)c2)CC(F)(F)CN1. The van der Waals surface area contributed by atoms with Gasteiger partial charge in [-0.3, -0.25) is 14.9 Å². The molecule has 0 spiro atoms. The van der Waals surface area contributed by atoms with Crippen molar-refractivity contribution < 1.29 is 18.4 Å². The zero-order chi connectivity index (χ0) is 18.1. The number of amides is 2. The molecule has 2 saturated heterocycles. The van der Waals surface area contributed by atoms with Gasteiger partial charge in [-0.05, 0) is 37.5 Å². The molecular weight excluding hydrogens is 328 g/mol. The molecule has 0 aromatic heterocycles. The number of alkyl halides is 2. The summed E-state index contributed by atoms with van der Waals surface area (Å²) in [6.07, 6.45) is 1.54. The van der Waals surface area contributed by atoms with E-state index < -0.39 is 30.3 Å². The standard InChI is InChI=1S/C18H23F2N3O2/c1-17(11-18(19,20)12-22-17)16(25)21-10-13-5-4-6-14(9-13)15(24)23-7-2-3-8-23/h4-6,9,22H,2-3,7-8,10-12H2,1H3,(H,21,25). The van der Waals surface area contributed by atoms with Crippen LogP contribution in [-0.2, 0) is 11.3 Å². The molecule has 2 amide bonds. The van der Waals surface area contributed by atoms with Gasteiger partial charge in [-0.15, -0.1) is 0 Å². The van der Waals surface area contributed by atoms with Gasteiger partial charge in [0.05, 0.1) is 6.54 Å². The summed E-state index contributed by atoms with van der Waals surface area (Å²) in [5.74, 6) is -3.33. The minimum absolute atomic E-state index is 0.00487. The number of carbonyl (C=O) groups excluding carboxylic acids is 2. The Kier molecular flexibility index (Phi) is 4.77. The number of hydrogen-bond donors (Lipinski definition) is 2. The summed E-state index contributed by atoms with van der Waals surface area (Å²) in [6.45, 7) is 2.74. The Bertz CT molecular complexity index is 674. The summed E-state index contributed by atoms with van der Waals surface area (Å²) >= 11 is 0. The van der Waals surface area contributed by atoms with Crippen molar-refractivity contribution in [3.63, 3.8) is 0 Å². The van der Waals surface area contributed by atoms with E-state index in [4.69, 9.17) is 0 Å². The summed E-state index contributed by atoms with van der Waals surface area (Å²) in [5, 5.41) is 5.30. The van der Waals surface area contributed by atoms with Gasteiger partial charge < -0.3 is 10.2 Å². The van der Waals surface area contributed by atoms with Crippen molar-refractivity contribution in [3.05, 3.63) is 35.4 Å². The molecule has 1 atom stereocenters. The van der Waals surface area contributed by atoms with Crippen LogP contribution in [0.15, 0.2) is 24.3 Å². The summed E-state index contributed by atoms with van der Waals surface area (Å²) in [5.41, 5.74) is 0.0871. The lowest BCUT2D eigenvalue weighted by Gasteiger charge is -2.23. The highest BCUT2D eigenvalue weighted by Gasteiger charge is 2.50. The smallest absolute Gasteiger partial charge is 0.262 e. The molecule has 25 heavy (non-hydrogen) atoms. The molecule has 7 heteroatoms. The zero-order valence-electron chi connectivity index (χ0n) is 14.3. The summed E-state index contributed by atoms with van der Waals surface area (Å²) in [4.78, 5) is 26.5. The fourth-order valence-electron chi connectivity index (χ4n) is 3.42. The number of benzene rings is 1. The highest BCUT2D eigenvalue weighted by Crippen LogP contribution is 2.32. The molecule has 2 N–H and O–H groups in total. The van der Waals surface area contributed by atoms with Crippen molar-refractivity contribution in [1.82, 2.24) is 15.5 Å². The molecule has 3 rings (SSSR count). The van der Waals surface area contributed by atoms with Crippen molar-refractivity contribution in [2.75, 3.05) is 19.6 Å². The summed E-state index contributed by atoms with van der Waals surface area (Å²) in [6, 6.07) is 7.08. The number of rotatable bonds is 4. The van der Waals surface area contributed by atoms with E-state index in [1.165, 1.54) is 6.92 Å². The molecule has 2 heterocycles. The molecule has 0 bridgehead atoms. The van der Waals surface area contributed by atoms with E-state index in [1.807, 2.05) is 4.90 Å². The third-order valence-corrected chi connectivity index (χ3v) is 4.87. The third kappa shape index (κ3) is 3.98. The first kappa shape index (κ1) is 17.8. The van der Waals surface area contributed by atoms with E-state index in [1.54, 1.807) is 24.3 Å². The number of nitrogens with one attached hydrogen (secondary N) is 2. The van der Waals surface area contributed by atoms with Crippen LogP contribution in [0.25, 0.3) is 0 Å². The highest BCUT2D eigenvalue weighted by atomic mass is 19.3. The van der Waals surface area contributed by atoms with Crippen molar-refractivity contribution in [1.29, 1.82) is 0 Å². The third-order valence-electron chi connectivity index (χ3n) is 4.87. The Morgan fingerprint density at radius 1 is 1.28 bits per heavy atom. The maximum atomic E-state index is 13.4. The average Bonchev–Trinajstić information content (AvgIpc) is 3.20. The normalized spacial score (nSPS) is 25.2. The van der Waals surface area contributed by atoms with E-state index in [-0.39, 0.29) is 12.5 Å². The topological polar surface area (TPSA) is 61.4 Å². The van der Waals surface area contributed by atoms with Crippen molar-refractivity contribution in [2.45, 2.75) is 44.2 Å². The number of halogens is 2. The molecule has 0 saturated carbocycles. The second-order valence-electron chi connectivity index (χ2n) is 7.10. The molecule has 1 aromatic rings. The number of carbonyl (C=O) groups is 2. The molecule has 5 nitrogen and oxygen atoms in total. The van der Waals surface area contributed by atoms with Crippen LogP contribution in [0.4, 0.5) is 8.78 Å². The first-order valence-electron chi connectivity index (χ1n) is 8.58. The van der Waals surface area contributed by atoms with Gasteiger partial charge in [-0.25, -0.2) is 8.78 Å². The summed E-state index contributed by atoms with van der Waals surface area (Å²) in [7, 11) is 0. The van der Waals surface area contributed by atoms with Gasteiger partial charge in [-0.1, -0.05) is 12.1 Å². The first-order valence-corrected chi connectivity index (χ1v) is 8.58. The molecule has 0 aliphatic carbocycles. The van der Waals surface area contributed by atoms with E-state index in [9.17, 15) is 18.4 Å². The number of nitrogens with zero attached hydrogens (tertiary/aromatic N) is 1. The largest absolute Gasteiger partial charge is 0.350 e. The van der Waals surface area contributed by atoms with Crippen molar-refractivity contribution >= 4 is 11.8 Å². The fraction of sp³-hybridized carbons (Fsp3) is 0.556. The Morgan fingerprint density at radius 2 is 2.00 bits per heavy atom. The lowest BCUT2D eigenvalue weighted by atomic mass is 9.97. The lowest BCUT2D eigenvalue weighted by molar-refractivity contribution is -0.127. The van der Waals surface area contributed by atoms with Crippen molar-refractivity contribution in [3.8, 4) is 0 Å². The van der Waals surface area contributed by atoms with E-state index in [2.05, 4.69) is 10.6 Å². The molecule has 2 fully saturated rings. The second kappa shape index (κ2) is 6.71. The van der Waals surface area contributed by atoms with Crippen LogP contribution in [0.1, 0.15) is 42.1 Å². The molecular formula is C18H23F2N3O2. The lowest BCUT2D eigenvalue weighted by Crippen LogP contribution is -2.50. The second-order valence-corrected chi connectivity index (χ2v) is 7.10. The zero-order valence-corrected chi connectivity index (χ0v) is 14.3. The fourth-order valence-corrected chi connectivity index (χ4v) is 3.42. The number of hydrogen-bond acceptors (Lipinski definition) is 3.